The lowest BCUT2D eigenvalue weighted by molar-refractivity contribution is -0.154. The first-order chi connectivity index (χ1) is 9.07. The topological polar surface area (TPSA) is 63.4 Å². The molecule has 0 radical (unpaired) electrons. The maximum atomic E-state index is 12.3. The standard InChI is InChI=1S/C15H22N2O2/c16-14(19)12-1-2-13(18)17(12)15-6-9-3-10(7-15)5-11(4-9)8-15/h9-12H,1-8H2,(H2,16,19)/t9?,10?,11?,12-,15?/m0/s1. The summed E-state index contributed by atoms with van der Waals surface area (Å²) in [6.45, 7) is 0. The van der Waals surface area contributed by atoms with E-state index in [-0.39, 0.29) is 23.4 Å². The molecule has 4 saturated carbocycles. The Morgan fingerprint density at radius 3 is 2.11 bits per heavy atom. The average molecular weight is 262 g/mol. The van der Waals surface area contributed by atoms with E-state index >= 15 is 0 Å². The highest BCUT2D eigenvalue weighted by Crippen LogP contribution is 2.58. The zero-order valence-electron chi connectivity index (χ0n) is 11.3. The van der Waals surface area contributed by atoms with Gasteiger partial charge in [0.05, 0.1) is 0 Å². The van der Waals surface area contributed by atoms with Crippen LogP contribution in [0.5, 0.6) is 0 Å². The van der Waals surface area contributed by atoms with Crippen LogP contribution in [0.3, 0.4) is 0 Å². The molecule has 4 aliphatic carbocycles. The maximum absolute atomic E-state index is 12.3. The summed E-state index contributed by atoms with van der Waals surface area (Å²) >= 11 is 0. The lowest BCUT2D eigenvalue weighted by Crippen LogP contribution is -2.63. The zero-order chi connectivity index (χ0) is 13.2. The van der Waals surface area contributed by atoms with Gasteiger partial charge in [-0.2, -0.15) is 0 Å². The minimum absolute atomic E-state index is 0.0119. The van der Waals surface area contributed by atoms with Crippen LogP contribution in [0.2, 0.25) is 0 Å². The summed E-state index contributed by atoms with van der Waals surface area (Å²) < 4.78 is 0. The van der Waals surface area contributed by atoms with Crippen molar-refractivity contribution in [3.63, 3.8) is 0 Å². The highest BCUT2D eigenvalue weighted by atomic mass is 16.2. The number of hydrogen-bond donors (Lipinski definition) is 1. The van der Waals surface area contributed by atoms with E-state index in [1.165, 1.54) is 19.3 Å². The average Bonchev–Trinajstić information content (AvgIpc) is 2.70. The van der Waals surface area contributed by atoms with Gasteiger partial charge in [0.25, 0.3) is 0 Å². The Bertz CT molecular complexity index is 410. The third-order valence-electron chi connectivity index (χ3n) is 6.06. The first kappa shape index (κ1) is 11.7. The Hall–Kier alpha value is -1.06. The number of likely N-dealkylation sites (tertiary alicyclic amines) is 1. The van der Waals surface area contributed by atoms with E-state index in [9.17, 15) is 9.59 Å². The van der Waals surface area contributed by atoms with Crippen molar-refractivity contribution < 1.29 is 9.59 Å². The van der Waals surface area contributed by atoms with Gasteiger partial charge in [0.15, 0.2) is 0 Å². The zero-order valence-corrected chi connectivity index (χ0v) is 11.3. The van der Waals surface area contributed by atoms with Crippen LogP contribution in [0.1, 0.15) is 51.4 Å². The molecule has 0 aromatic rings. The Kier molecular flexibility index (Phi) is 2.31. The van der Waals surface area contributed by atoms with Crippen molar-refractivity contribution in [2.24, 2.45) is 23.5 Å². The molecule has 0 aromatic heterocycles. The van der Waals surface area contributed by atoms with Crippen molar-refractivity contribution in [3.8, 4) is 0 Å². The van der Waals surface area contributed by atoms with Gasteiger partial charge in [-0.1, -0.05) is 0 Å². The number of rotatable bonds is 2. The number of carbonyl (C=O) groups excluding carboxylic acids is 2. The second-order valence-corrected chi connectivity index (χ2v) is 7.36. The predicted molar refractivity (Wildman–Crippen MR) is 70.0 cm³/mol. The van der Waals surface area contributed by atoms with Crippen LogP contribution >= 0.6 is 0 Å². The second-order valence-electron chi connectivity index (χ2n) is 7.36. The molecule has 19 heavy (non-hydrogen) atoms. The number of primary amides is 1. The second kappa shape index (κ2) is 3.74. The molecule has 1 heterocycles. The maximum Gasteiger partial charge on any atom is 0.240 e. The lowest BCUT2D eigenvalue weighted by Gasteiger charge is -2.60. The molecule has 5 fully saturated rings. The minimum Gasteiger partial charge on any atom is -0.368 e. The van der Waals surface area contributed by atoms with Crippen LogP contribution < -0.4 is 5.73 Å². The van der Waals surface area contributed by atoms with Gasteiger partial charge in [-0.25, -0.2) is 0 Å². The highest BCUT2D eigenvalue weighted by Gasteiger charge is 2.57. The molecular weight excluding hydrogens is 240 g/mol. The molecule has 4 nitrogen and oxygen atoms in total. The Balaban J connectivity index is 1.70. The molecule has 104 valence electrons. The van der Waals surface area contributed by atoms with Crippen LogP contribution in [-0.2, 0) is 9.59 Å². The summed E-state index contributed by atoms with van der Waals surface area (Å²) in [7, 11) is 0. The van der Waals surface area contributed by atoms with E-state index in [2.05, 4.69) is 0 Å². The van der Waals surface area contributed by atoms with Gasteiger partial charge in [0, 0.05) is 12.0 Å². The van der Waals surface area contributed by atoms with Crippen molar-refractivity contribution >= 4 is 11.8 Å². The number of amides is 2. The summed E-state index contributed by atoms with van der Waals surface area (Å²) in [5, 5.41) is 0. The van der Waals surface area contributed by atoms with Crippen molar-refractivity contribution in [1.82, 2.24) is 4.90 Å². The van der Waals surface area contributed by atoms with E-state index in [0.717, 1.165) is 37.0 Å². The van der Waals surface area contributed by atoms with E-state index < -0.39 is 0 Å². The molecule has 2 N–H and O–H groups in total. The van der Waals surface area contributed by atoms with Crippen molar-refractivity contribution in [2.75, 3.05) is 0 Å². The first-order valence-corrected chi connectivity index (χ1v) is 7.69. The molecule has 5 aliphatic rings. The Morgan fingerprint density at radius 2 is 1.63 bits per heavy atom. The van der Waals surface area contributed by atoms with Gasteiger partial charge >= 0.3 is 0 Å². The molecule has 0 unspecified atom stereocenters. The molecule has 4 bridgehead atoms. The van der Waals surface area contributed by atoms with Gasteiger partial charge in [-0.05, 0) is 62.7 Å². The normalized spacial score (nSPS) is 48.0. The fourth-order valence-corrected chi connectivity index (χ4v) is 5.91. The molecule has 0 spiro atoms. The quantitative estimate of drug-likeness (QED) is 0.818. The molecule has 1 atom stereocenters. The third-order valence-corrected chi connectivity index (χ3v) is 6.06. The van der Waals surface area contributed by atoms with Gasteiger partial charge in [0.2, 0.25) is 11.8 Å². The lowest BCUT2D eigenvalue weighted by atomic mass is 9.52. The highest BCUT2D eigenvalue weighted by molar-refractivity contribution is 5.90. The number of nitrogens with zero attached hydrogens (tertiary/aromatic N) is 1. The third kappa shape index (κ3) is 1.58. The molecule has 4 heteroatoms. The van der Waals surface area contributed by atoms with E-state index in [4.69, 9.17) is 5.73 Å². The predicted octanol–water partition coefficient (Wildman–Crippen LogP) is 1.43. The smallest absolute Gasteiger partial charge is 0.240 e. The fraction of sp³-hybridized carbons (Fsp3) is 0.867. The summed E-state index contributed by atoms with van der Waals surface area (Å²) in [6.07, 6.45) is 8.55. The molecule has 1 aliphatic heterocycles. The van der Waals surface area contributed by atoms with Gasteiger partial charge in [-0.15, -0.1) is 0 Å². The van der Waals surface area contributed by atoms with Crippen LogP contribution in [0, 0.1) is 17.8 Å². The van der Waals surface area contributed by atoms with Gasteiger partial charge < -0.3 is 10.6 Å². The van der Waals surface area contributed by atoms with Crippen molar-refractivity contribution in [2.45, 2.75) is 62.9 Å². The largest absolute Gasteiger partial charge is 0.368 e. The Labute approximate surface area is 113 Å². The Morgan fingerprint density at radius 1 is 1.11 bits per heavy atom. The number of hydrogen-bond acceptors (Lipinski definition) is 2. The first-order valence-electron chi connectivity index (χ1n) is 7.69. The summed E-state index contributed by atoms with van der Waals surface area (Å²) in [5.41, 5.74) is 5.52. The van der Waals surface area contributed by atoms with Crippen LogP contribution in [0.15, 0.2) is 0 Å². The van der Waals surface area contributed by atoms with E-state index in [1.807, 2.05) is 4.90 Å². The fourth-order valence-electron chi connectivity index (χ4n) is 5.91. The molecular formula is C15H22N2O2. The number of carbonyl (C=O) groups is 2. The van der Waals surface area contributed by atoms with Crippen LogP contribution in [0.4, 0.5) is 0 Å². The van der Waals surface area contributed by atoms with E-state index in [1.54, 1.807) is 0 Å². The molecule has 1 saturated heterocycles. The summed E-state index contributed by atoms with van der Waals surface area (Å²) in [6, 6.07) is -0.330. The summed E-state index contributed by atoms with van der Waals surface area (Å²) in [5.74, 6) is 2.22. The molecule has 5 rings (SSSR count). The molecule has 2 amide bonds. The van der Waals surface area contributed by atoms with Crippen molar-refractivity contribution in [3.05, 3.63) is 0 Å². The van der Waals surface area contributed by atoms with Crippen LogP contribution in [0.25, 0.3) is 0 Å². The van der Waals surface area contributed by atoms with Crippen molar-refractivity contribution in [1.29, 1.82) is 0 Å². The van der Waals surface area contributed by atoms with Gasteiger partial charge in [0.1, 0.15) is 6.04 Å². The van der Waals surface area contributed by atoms with Crippen LogP contribution in [-0.4, -0.2) is 28.3 Å². The monoisotopic (exact) mass is 262 g/mol. The summed E-state index contributed by atoms with van der Waals surface area (Å²) in [4.78, 5) is 25.9. The van der Waals surface area contributed by atoms with E-state index in [0.29, 0.717) is 12.8 Å². The van der Waals surface area contributed by atoms with Gasteiger partial charge in [-0.3, -0.25) is 9.59 Å². The number of nitrogens with two attached hydrogens (primary N) is 1. The molecule has 0 aromatic carbocycles. The minimum atomic E-state index is -0.330. The SMILES string of the molecule is NC(=O)[C@@H]1CCC(=O)N1C12CC3CC(CC(C3)C1)C2.